The van der Waals surface area contributed by atoms with E-state index in [0.717, 1.165) is 12.8 Å². The molecule has 1 aromatic rings. The molecule has 2 rings (SSSR count). The van der Waals surface area contributed by atoms with Crippen molar-refractivity contribution in [3.8, 4) is 0 Å². The van der Waals surface area contributed by atoms with Crippen molar-refractivity contribution in [2.75, 3.05) is 12.8 Å². The quantitative estimate of drug-likeness (QED) is 0.818. The van der Waals surface area contributed by atoms with Crippen molar-refractivity contribution in [3.05, 3.63) is 23.3 Å². The predicted molar refractivity (Wildman–Crippen MR) is 74.5 cm³/mol. The molecule has 0 unspecified atom stereocenters. The van der Waals surface area contributed by atoms with Crippen LogP contribution in [0.1, 0.15) is 24.0 Å². The minimum atomic E-state index is -3.52. The summed E-state index contributed by atoms with van der Waals surface area (Å²) in [5, 5.41) is 0. The molecule has 0 amide bonds. The number of nitrogen functional groups attached to an aromatic ring is 1. The molecule has 1 aromatic carbocycles. The van der Waals surface area contributed by atoms with Gasteiger partial charge >= 0.3 is 0 Å². The summed E-state index contributed by atoms with van der Waals surface area (Å²) in [6, 6.07) is 3.42. The molecule has 0 aromatic heterocycles. The summed E-state index contributed by atoms with van der Waals surface area (Å²) in [5.74, 6) is 0. The zero-order chi connectivity index (χ0) is 14.2. The first-order valence-corrected chi connectivity index (χ1v) is 7.74. The normalized spacial score (nSPS) is 23.1. The summed E-state index contributed by atoms with van der Waals surface area (Å²) in [7, 11) is -1.88. The highest BCUT2D eigenvalue weighted by Gasteiger charge is 2.33. The second-order valence-corrected chi connectivity index (χ2v) is 6.72. The van der Waals surface area contributed by atoms with Gasteiger partial charge in [-0.15, -0.1) is 0 Å². The van der Waals surface area contributed by atoms with Crippen molar-refractivity contribution in [1.29, 1.82) is 0 Å². The second kappa shape index (κ2) is 5.11. The highest BCUT2D eigenvalue weighted by Crippen LogP contribution is 2.28. The third-order valence-corrected chi connectivity index (χ3v) is 5.47. The maximum absolute atomic E-state index is 12.4. The van der Waals surface area contributed by atoms with Gasteiger partial charge in [0, 0.05) is 18.8 Å². The molecule has 1 saturated carbocycles. The van der Waals surface area contributed by atoms with Crippen molar-refractivity contribution in [3.63, 3.8) is 0 Å². The highest BCUT2D eigenvalue weighted by molar-refractivity contribution is 7.89. The molecule has 0 heterocycles. The van der Waals surface area contributed by atoms with Gasteiger partial charge < -0.3 is 10.5 Å². The van der Waals surface area contributed by atoms with Gasteiger partial charge in [0.1, 0.15) is 0 Å². The first-order chi connectivity index (χ1) is 8.85. The van der Waals surface area contributed by atoms with Gasteiger partial charge in [0.15, 0.2) is 0 Å². The number of anilines is 1. The molecule has 0 aliphatic heterocycles. The van der Waals surface area contributed by atoms with Gasteiger partial charge in [0.25, 0.3) is 0 Å². The number of hydrogen-bond acceptors (Lipinski definition) is 4. The fraction of sp³-hybridized carbons (Fsp3) is 0.538. The van der Waals surface area contributed by atoms with Crippen molar-refractivity contribution >= 4 is 15.7 Å². The molecule has 1 aliphatic rings. The average molecular weight is 284 g/mol. The van der Waals surface area contributed by atoms with E-state index in [-0.39, 0.29) is 12.1 Å². The summed E-state index contributed by atoms with van der Waals surface area (Å²) >= 11 is 0. The van der Waals surface area contributed by atoms with E-state index in [4.69, 9.17) is 10.5 Å². The third-order valence-electron chi connectivity index (χ3n) is 3.66. The first-order valence-electron chi connectivity index (χ1n) is 6.26. The molecule has 19 heavy (non-hydrogen) atoms. The number of benzene rings is 1. The molecular weight excluding hydrogens is 264 g/mol. The van der Waals surface area contributed by atoms with Gasteiger partial charge in [-0.2, -0.15) is 0 Å². The van der Waals surface area contributed by atoms with Crippen molar-refractivity contribution < 1.29 is 13.2 Å². The molecule has 106 valence electrons. The minimum absolute atomic E-state index is 0.0461. The van der Waals surface area contributed by atoms with Gasteiger partial charge in [-0.3, -0.25) is 0 Å². The lowest BCUT2D eigenvalue weighted by atomic mass is 9.90. The number of nitrogens with one attached hydrogen (secondary N) is 1. The minimum Gasteiger partial charge on any atom is -0.398 e. The molecular formula is C13H20N2O3S. The van der Waals surface area contributed by atoms with Gasteiger partial charge in [-0.05, 0) is 43.9 Å². The maximum Gasteiger partial charge on any atom is 0.241 e. The van der Waals surface area contributed by atoms with Crippen LogP contribution in [0.3, 0.4) is 0 Å². The van der Waals surface area contributed by atoms with Crippen LogP contribution in [0.2, 0.25) is 0 Å². The van der Waals surface area contributed by atoms with Crippen LogP contribution in [0.25, 0.3) is 0 Å². The van der Waals surface area contributed by atoms with E-state index in [9.17, 15) is 8.42 Å². The Kier molecular flexibility index (Phi) is 3.85. The molecule has 0 saturated heterocycles. The van der Waals surface area contributed by atoms with E-state index in [1.165, 1.54) is 0 Å². The molecule has 0 radical (unpaired) electrons. The van der Waals surface area contributed by atoms with E-state index in [2.05, 4.69) is 4.72 Å². The van der Waals surface area contributed by atoms with E-state index in [1.807, 2.05) is 0 Å². The van der Waals surface area contributed by atoms with Crippen molar-refractivity contribution in [2.45, 2.75) is 43.7 Å². The smallest absolute Gasteiger partial charge is 0.241 e. The third kappa shape index (κ3) is 2.75. The summed E-state index contributed by atoms with van der Waals surface area (Å²) in [6.07, 6.45) is 1.60. The number of methoxy groups -OCH3 is 1. The second-order valence-electron chi connectivity index (χ2n) is 5.07. The lowest BCUT2D eigenvalue weighted by Gasteiger charge is -2.34. The number of hydrogen-bond donors (Lipinski definition) is 2. The summed E-state index contributed by atoms with van der Waals surface area (Å²) < 4.78 is 32.7. The van der Waals surface area contributed by atoms with E-state index in [0.29, 0.717) is 21.7 Å². The Hall–Kier alpha value is -1.11. The fourth-order valence-corrected chi connectivity index (χ4v) is 4.15. The topological polar surface area (TPSA) is 81.4 Å². The Morgan fingerprint density at radius 3 is 2.53 bits per heavy atom. The average Bonchev–Trinajstić information content (AvgIpc) is 2.28. The molecule has 1 fully saturated rings. The Bertz CT molecular complexity index is 578. The molecule has 0 spiro atoms. The number of nitrogens with two attached hydrogens (primary N) is 1. The Balaban J connectivity index is 2.23. The maximum atomic E-state index is 12.4. The van der Waals surface area contributed by atoms with Crippen LogP contribution >= 0.6 is 0 Å². The zero-order valence-corrected chi connectivity index (χ0v) is 12.3. The van der Waals surface area contributed by atoms with Gasteiger partial charge in [-0.25, -0.2) is 13.1 Å². The number of rotatable bonds is 4. The zero-order valence-electron chi connectivity index (χ0n) is 11.4. The highest BCUT2D eigenvalue weighted by atomic mass is 32.2. The molecule has 0 bridgehead atoms. The van der Waals surface area contributed by atoms with Crippen molar-refractivity contribution in [2.24, 2.45) is 0 Å². The number of sulfonamides is 1. The lowest BCUT2D eigenvalue weighted by Crippen LogP contribution is -2.47. The van der Waals surface area contributed by atoms with Crippen molar-refractivity contribution in [1.82, 2.24) is 4.72 Å². The lowest BCUT2D eigenvalue weighted by molar-refractivity contribution is 0.0236. The molecule has 1 aliphatic carbocycles. The predicted octanol–water partition coefficient (Wildman–Crippen LogP) is 1.34. The van der Waals surface area contributed by atoms with E-state index in [1.54, 1.807) is 33.1 Å². The molecule has 5 nitrogen and oxygen atoms in total. The van der Waals surface area contributed by atoms with Gasteiger partial charge in [0.05, 0.1) is 11.0 Å². The SMILES string of the molecule is COC1CC(NS(=O)(=O)c2c(C)ccc(N)c2C)C1. The van der Waals surface area contributed by atoms with Crippen LogP contribution in [0.4, 0.5) is 5.69 Å². The van der Waals surface area contributed by atoms with Gasteiger partial charge in [0.2, 0.25) is 10.0 Å². The number of ether oxygens (including phenoxy) is 1. The van der Waals surface area contributed by atoms with Crippen LogP contribution in [-0.2, 0) is 14.8 Å². The molecule has 6 heteroatoms. The molecule has 3 N–H and O–H groups in total. The molecule has 0 atom stereocenters. The van der Waals surface area contributed by atoms with Crippen LogP contribution in [0, 0.1) is 13.8 Å². The van der Waals surface area contributed by atoms with E-state index < -0.39 is 10.0 Å². The van der Waals surface area contributed by atoms with Crippen LogP contribution in [0.5, 0.6) is 0 Å². The van der Waals surface area contributed by atoms with Crippen LogP contribution < -0.4 is 10.5 Å². The van der Waals surface area contributed by atoms with E-state index >= 15 is 0 Å². The fourth-order valence-electron chi connectivity index (χ4n) is 2.39. The monoisotopic (exact) mass is 284 g/mol. The summed E-state index contributed by atoms with van der Waals surface area (Å²) in [5.41, 5.74) is 7.61. The summed E-state index contributed by atoms with van der Waals surface area (Å²) in [6.45, 7) is 3.51. The van der Waals surface area contributed by atoms with Crippen LogP contribution in [0.15, 0.2) is 17.0 Å². The van der Waals surface area contributed by atoms with Gasteiger partial charge in [-0.1, -0.05) is 6.07 Å². The standard InChI is InChI=1S/C13H20N2O3S/c1-8-4-5-12(14)9(2)13(8)19(16,17)15-10-6-11(7-10)18-3/h4-5,10-11,15H,6-7,14H2,1-3H3. The van der Waals surface area contributed by atoms with Crippen LogP contribution in [-0.4, -0.2) is 27.7 Å². The Morgan fingerprint density at radius 2 is 1.95 bits per heavy atom. The summed E-state index contributed by atoms with van der Waals surface area (Å²) in [4.78, 5) is 0.299. The largest absolute Gasteiger partial charge is 0.398 e. The number of aryl methyl sites for hydroxylation is 1. The Labute approximate surface area is 114 Å². The Morgan fingerprint density at radius 1 is 1.32 bits per heavy atom. The first kappa shape index (κ1) is 14.3.